The van der Waals surface area contributed by atoms with E-state index in [-0.39, 0.29) is 29.7 Å². The molecule has 1 spiro atoms. The van der Waals surface area contributed by atoms with Crippen LogP contribution in [0.5, 0.6) is 5.75 Å². The van der Waals surface area contributed by atoms with Gasteiger partial charge in [-0.05, 0) is 35.1 Å². The zero-order valence-corrected chi connectivity index (χ0v) is 26.2. The smallest absolute Gasteiger partial charge is 0.328 e. The third-order valence-corrected chi connectivity index (χ3v) is 8.95. The highest BCUT2D eigenvalue weighted by molar-refractivity contribution is 5.97. The molecule has 0 aliphatic carbocycles. The van der Waals surface area contributed by atoms with Crippen molar-refractivity contribution < 1.29 is 43.7 Å². The van der Waals surface area contributed by atoms with Crippen molar-refractivity contribution >= 4 is 29.4 Å². The highest BCUT2D eigenvalue weighted by atomic mass is 16.5. The van der Waals surface area contributed by atoms with Gasteiger partial charge in [0.2, 0.25) is 17.7 Å². The lowest BCUT2D eigenvalue weighted by Gasteiger charge is -2.29. The van der Waals surface area contributed by atoms with Crippen molar-refractivity contribution in [3.8, 4) is 5.75 Å². The number of nitrogens with one attached hydrogen (secondary N) is 4. The SMILES string of the molecule is CC(C)[C@H](O)C(=O)N[C@H]1Cc2ccc3c(c2)C2(c4ccccc4NC2O3)c2oc(nc2C(=O)NC(CO)C(=O)O)[C@H](C(C)C)NC1=O. The first-order chi connectivity index (χ1) is 22.4. The molecule has 4 bridgehead atoms. The molecule has 0 saturated carbocycles. The van der Waals surface area contributed by atoms with Crippen LogP contribution >= 0.6 is 0 Å². The van der Waals surface area contributed by atoms with Crippen LogP contribution in [0.25, 0.3) is 0 Å². The Balaban J connectivity index is 1.59. The van der Waals surface area contributed by atoms with Crippen LogP contribution in [0.15, 0.2) is 46.9 Å². The quantitative estimate of drug-likeness (QED) is 0.185. The molecule has 3 aliphatic heterocycles. The fourth-order valence-corrected chi connectivity index (χ4v) is 6.43. The van der Waals surface area contributed by atoms with Gasteiger partial charge in [-0.2, -0.15) is 0 Å². The summed E-state index contributed by atoms with van der Waals surface area (Å²) in [6.45, 7) is 6.15. The fourth-order valence-electron chi connectivity index (χ4n) is 6.43. The lowest BCUT2D eigenvalue weighted by Crippen LogP contribution is -2.52. The third kappa shape index (κ3) is 5.26. The summed E-state index contributed by atoms with van der Waals surface area (Å²) < 4.78 is 13.0. The number of ether oxygens (including phenoxy) is 1. The van der Waals surface area contributed by atoms with Crippen molar-refractivity contribution in [2.24, 2.45) is 11.8 Å². The van der Waals surface area contributed by atoms with E-state index in [9.17, 15) is 34.5 Å². The Kier molecular flexibility index (Phi) is 8.18. The van der Waals surface area contributed by atoms with E-state index in [0.29, 0.717) is 28.1 Å². The van der Waals surface area contributed by atoms with Gasteiger partial charge < -0.3 is 45.7 Å². The van der Waals surface area contributed by atoms with Gasteiger partial charge in [-0.25, -0.2) is 9.78 Å². The second-order valence-corrected chi connectivity index (χ2v) is 12.8. The van der Waals surface area contributed by atoms with E-state index in [0.717, 1.165) is 0 Å². The predicted octanol–water partition coefficient (Wildman–Crippen LogP) is 1.20. The number of fused-ring (bicyclic) bond motifs is 4. The van der Waals surface area contributed by atoms with E-state index in [1.165, 1.54) is 0 Å². The van der Waals surface area contributed by atoms with E-state index in [4.69, 9.17) is 9.15 Å². The maximum Gasteiger partial charge on any atom is 0.328 e. The maximum absolute atomic E-state index is 13.9. The van der Waals surface area contributed by atoms with Crippen LogP contribution in [-0.2, 0) is 26.2 Å². The fraction of sp³-hybridized carbons (Fsp3) is 0.424. The van der Waals surface area contributed by atoms with Gasteiger partial charge in [0.15, 0.2) is 23.7 Å². The van der Waals surface area contributed by atoms with E-state index in [1.807, 2.05) is 44.2 Å². The number of carbonyl (C=O) groups excluding carboxylic acids is 3. The molecule has 47 heavy (non-hydrogen) atoms. The Morgan fingerprint density at radius 1 is 1.09 bits per heavy atom. The number of carboxylic acids is 1. The average molecular weight is 648 g/mol. The van der Waals surface area contributed by atoms with Crippen molar-refractivity contribution in [1.82, 2.24) is 20.9 Å². The minimum Gasteiger partial charge on any atom is -0.480 e. The van der Waals surface area contributed by atoms with Crippen molar-refractivity contribution in [2.45, 2.75) is 70.0 Å². The number of para-hydroxylation sites is 1. The van der Waals surface area contributed by atoms with Crippen molar-refractivity contribution in [2.75, 3.05) is 11.9 Å². The first kappa shape index (κ1) is 32.0. The molecular formula is C33H37N5O9. The molecule has 248 valence electrons. The largest absolute Gasteiger partial charge is 0.480 e. The number of aromatic nitrogens is 1. The Bertz CT molecular complexity index is 1750. The molecule has 3 amide bonds. The molecule has 0 radical (unpaired) electrons. The summed E-state index contributed by atoms with van der Waals surface area (Å²) in [5.74, 6) is -3.82. The molecule has 2 aromatic carbocycles. The first-order valence-corrected chi connectivity index (χ1v) is 15.5. The van der Waals surface area contributed by atoms with Crippen molar-refractivity contribution in [3.05, 3.63) is 76.5 Å². The number of carbonyl (C=O) groups is 4. The highest BCUT2D eigenvalue weighted by Crippen LogP contribution is 2.58. The summed E-state index contributed by atoms with van der Waals surface area (Å²) in [5.41, 5.74) is 1.13. The Labute approximate surface area is 269 Å². The zero-order valence-electron chi connectivity index (χ0n) is 26.2. The average Bonchev–Trinajstić information content (AvgIpc) is 3.70. The third-order valence-electron chi connectivity index (χ3n) is 8.95. The van der Waals surface area contributed by atoms with Crippen LogP contribution in [0.2, 0.25) is 0 Å². The molecule has 6 rings (SSSR count). The Hall–Kier alpha value is -4.95. The van der Waals surface area contributed by atoms with Crippen molar-refractivity contribution in [1.29, 1.82) is 0 Å². The number of aliphatic hydroxyl groups is 2. The Morgan fingerprint density at radius 2 is 1.83 bits per heavy atom. The highest BCUT2D eigenvalue weighted by Gasteiger charge is 2.61. The second kappa shape index (κ2) is 12.0. The minimum absolute atomic E-state index is 0.0284. The number of hydrogen-bond donors (Lipinski definition) is 7. The lowest BCUT2D eigenvalue weighted by molar-refractivity contribution is -0.140. The maximum atomic E-state index is 13.9. The summed E-state index contributed by atoms with van der Waals surface area (Å²) in [6.07, 6.45) is -2.09. The second-order valence-electron chi connectivity index (χ2n) is 12.8. The van der Waals surface area contributed by atoms with Gasteiger partial charge in [0.05, 0.1) is 6.61 Å². The Morgan fingerprint density at radius 3 is 2.51 bits per heavy atom. The van der Waals surface area contributed by atoms with Crippen LogP contribution in [-0.4, -0.2) is 75.0 Å². The van der Waals surface area contributed by atoms with Gasteiger partial charge in [-0.1, -0.05) is 58.0 Å². The summed E-state index contributed by atoms with van der Waals surface area (Å²) in [4.78, 5) is 57.1. The number of aliphatic hydroxyl groups excluding tert-OH is 2. The molecule has 0 saturated heterocycles. The molecule has 3 aromatic rings. The molecule has 0 fully saturated rings. The van der Waals surface area contributed by atoms with E-state index < -0.39 is 72.1 Å². The van der Waals surface area contributed by atoms with Crippen molar-refractivity contribution in [3.63, 3.8) is 0 Å². The standard InChI is InChI=1S/C33H37N5O9/c1-14(2)23-30-38-24(28(42)35-21(13-39)31(44)45)26(47-30)33-17-7-5-6-8-19(17)36-32(33)46-22-10-9-16(11-18(22)33)12-20(27(41)37-23)34-29(43)25(40)15(3)4/h5-11,14-15,20-21,23,25,32,36,39-40H,12-13H2,1-4H3,(H,34,43)(H,35,42)(H,37,41)(H,44,45)/t20-,21?,23-,25-,32?,33?/m0/s1. The van der Waals surface area contributed by atoms with Gasteiger partial charge in [-0.15, -0.1) is 0 Å². The molecule has 1 aromatic heterocycles. The van der Waals surface area contributed by atoms with Gasteiger partial charge in [0, 0.05) is 17.7 Å². The number of anilines is 1. The minimum atomic E-state index is -1.62. The van der Waals surface area contributed by atoms with Crippen LogP contribution in [0, 0.1) is 11.8 Å². The number of aliphatic carboxylic acids is 1. The molecular weight excluding hydrogens is 610 g/mol. The number of carboxylic acid groups (broad SMARTS) is 1. The number of rotatable bonds is 8. The zero-order chi connectivity index (χ0) is 33.8. The summed E-state index contributed by atoms with van der Waals surface area (Å²) >= 11 is 0. The molecule has 3 aliphatic rings. The van der Waals surface area contributed by atoms with Gasteiger partial charge >= 0.3 is 5.97 Å². The van der Waals surface area contributed by atoms with Crippen LogP contribution in [0.3, 0.4) is 0 Å². The number of hydrogen-bond acceptors (Lipinski definition) is 10. The number of amides is 3. The topological polar surface area (TPSA) is 212 Å². The van der Waals surface area contributed by atoms with Gasteiger partial charge in [0.25, 0.3) is 5.91 Å². The summed E-state index contributed by atoms with van der Waals surface area (Å²) in [7, 11) is 0. The lowest BCUT2D eigenvalue weighted by atomic mass is 9.72. The summed E-state index contributed by atoms with van der Waals surface area (Å²) in [5, 5.41) is 41.0. The summed E-state index contributed by atoms with van der Waals surface area (Å²) in [6, 6.07) is 9.12. The molecule has 7 N–H and O–H groups in total. The normalized spacial score (nSPS) is 23.7. The van der Waals surface area contributed by atoms with E-state index in [2.05, 4.69) is 26.3 Å². The molecule has 6 atom stereocenters. The van der Waals surface area contributed by atoms with Gasteiger partial charge in [0.1, 0.15) is 29.4 Å². The van der Waals surface area contributed by atoms with E-state index >= 15 is 0 Å². The number of oxazole rings is 1. The van der Waals surface area contributed by atoms with Gasteiger partial charge in [-0.3, -0.25) is 14.4 Å². The monoisotopic (exact) mass is 647 g/mol. The first-order valence-electron chi connectivity index (χ1n) is 15.5. The van der Waals surface area contributed by atoms with E-state index in [1.54, 1.807) is 26.0 Å². The molecule has 3 unspecified atom stereocenters. The molecule has 14 nitrogen and oxygen atoms in total. The number of nitrogens with zero attached hydrogens (tertiary/aromatic N) is 1. The number of benzene rings is 2. The van der Waals surface area contributed by atoms with Crippen LogP contribution in [0.1, 0.15) is 72.6 Å². The predicted molar refractivity (Wildman–Crippen MR) is 165 cm³/mol. The van der Waals surface area contributed by atoms with Crippen LogP contribution < -0.4 is 26.0 Å². The van der Waals surface area contributed by atoms with Crippen LogP contribution in [0.4, 0.5) is 5.69 Å². The molecule has 4 heterocycles. The molecule has 14 heteroatoms.